The third kappa shape index (κ3) is 6.10. The number of hydrogen-bond acceptors (Lipinski definition) is 0. The Kier molecular flexibility index (Phi) is 12.2. The first kappa shape index (κ1) is 23.5. The van der Waals surface area contributed by atoms with E-state index in [2.05, 4.69) is 52.0 Å². The van der Waals surface area contributed by atoms with Gasteiger partial charge >= 0.3 is 21.7 Å². The summed E-state index contributed by atoms with van der Waals surface area (Å²) in [6, 6.07) is 0. The summed E-state index contributed by atoms with van der Waals surface area (Å²) in [5.74, 6) is 1.11. The molecule has 0 fully saturated rings. The van der Waals surface area contributed by atoms with Crippen molar-refractivity contribution in [2.45, 2.75) is 53.4 Å². The third-order valence-corrected chi connectivity index (χ3v) is 4.08. The molecule has 0 aromatic carbocycles. The molecule has 0 radical (unpaired) electrons. The average Bonchev–Trinajstić information content (AvgIpc) is 2.90. The molecule has 3 heteroatoms. The van der Waals surface area contributed by atoms with Gasteiger partial charge in [-0.2, -0.15) is 12.2 Å². The largest absolute Gasteiger partial charge is 4.00 e. The minimum Gasteiger partial charge on any atom is -1.00 e. The van der Waals surface area contributed by atoms with E-state index in [1.807, 2.05) is 0 Å². The fourth-order valence-electron chi connectivity index (χ4n) is 2.79. The monoisotopic (exact) mass is 358 g/mol. The number of allylic oxidation sites excluding steroid dienone is 8. The van der Waals surface area contributed by atoms with Gasteiger partial charge in [-0.3, -0.25) is 12.2 Å². The van der Waals surface area contributed by atoms with Crippen LogP contribution >= 0.6 is 0 Å². The fourth-order valence-corrected chi connectivity index (χ4v) is 2.79. The van der Waals surface area contributed by atoms with Crippen LogP contribution in [-0.2, 0) is 21.7 Å². The van der Waals surface area contributed by atoms with Crippen LogP contribution in [0.2, 0.25) is 0 Å². The zero-order valence-electron chi connectivity index (χ0n) is 13.4. The van der Waals surface area contributed by atoms with E-state index in [9.17, 15) is 0 Å². The molecule has 21 heavy (non-hydrogen) atoms. The smallest absolute Gasteiger partial charge is 1.00 e. The van der Waals surface area contributed by atoms with Crippen LogP contribution in [0.3, 0.4) is 0 Å². The Morgan fingerprint density at radius 2 is 1.14 bits per heavy atom. The van der Waals surface area contributed by atoms with Crippen molar-refractivity contribution in [2.24, 2.45) is 11.8 Å². The minimum atomic E-state index is 0. The quantitative estimate of drug-likeness (QED) is 0.446. The van der Waals surface area contributed by atoms with E-state index in [1.54, 1.807) is 0 Å². The Hall–Kier alpha value is 0.254. The van der Waals surface area contributed by atoms with E-state index in [4.69, 9.17) is 0 Å². The van der Waals surface area contributed by atoms with Crippen molar-refractivity contribution in [1.82, 2.24) is 0 Å². The molecule has 0 saturated carbocycles. The Labute approximate surface area is 157 Å². The van der Waals surface area contributed by atoms with Crippen molar-refractivity contribution in [3.05, 3.63) is 46.6 Å². The van der Waals surface area contributed by atoms with E-state index in [0.29, 0.717) is 11.8 Å². The predicted molar refractivity (Wildman–Crippen MR) is 77.8 cm³/mol. The van der Waals surface area contributed by atoms with Crippen molar-refractivity contribution in [3.8, 4) is 0 Å². The second-order valence-electron chi connectivity index (χ2n) is 5.47. The molecule has 0 aromatic heterocycles. The summed E-state index contributed by atoms with van der Waals surface area (Å²) >= 11 is 0. The molecule has 2 aliphatic rings. The zero-order chi connectivity index (χ0) is 13.1. The Balaban J connectivity index is 0. The first-order valence-electron chi connectivity index (χ1n) is 7.26. The summed E-state index contributed by atoms with van der Waals surface area (Å²) in [4.78, 5) is 0. The summed E-state index contributed by atoms with van der Waals surface area (Å²) in [6.07, 6.45) is 16.6. The summed E-state index contributed by atoms with van der Waals surface area (Å²) in [6.45, 7) is 8.91. The van der Waals surface area contributed by atoms with Crippen molar-refractivity contribution >= 4 is 0 Å². The van der Waals surface area contributed by atoms with Gasteiger partial charge in [0.2, 0.25) is 0 Å². The summed E-state index contributed by atoms with van der Waals surface area (Å²) in [5, 5.41) is 0. The van der Waals surface area contributed by atoms with Crippen LogP contribution in [-0.4, -0.2) is 0 Å². The van der Waals surface area contributed by atoms with Crippen molar-refractivity contribution in [2.75, 3.05) is 0 Å². The Bertz CT molecular complexity index is 402. The van der Waals surface area contributed by atoms with Gasteiger partial charge in [0.25, 0.3) is 0 Å². The van der Waals surface area contributed by atoms with Crippen LogP contribution in [0.5, 0.6) is 0 Å². The molecule has 0 aromatic rings. The van der Waals surface area contributed by atoms with Gasteiger partial charge < -0.3 is 24.8 Å². The molecule has 0 spiro atoms. The maximum Gasteiger partial charge on any atom is 4.00 e. The van der Waals surface area contributed by atoms with Crippen LogP contribution in [0, 0.1) is 24.0 Å². The fraction of sp³-hybridized carbons (Fsp3) is 0.556. The van der Waals surface area contributed by atoms with Crippen molar-refractivity contribution in [3.63, 3.8) is 0 Å². The van der Waals surface area contributed by atoms with E-state index in [0.717, 1.165) is 12.8 Å². The van der Waals surface area contributed by atoms with Gasteiger partial charge in [-0.05, 0) is 0 Å². The molecule has 0 bridgehead atoms. The maximum atomic E-state index is 3.62. The number of hydrogen-bond donors (Lipinski definition) is 0. The third-order valence-electron chi connectivity index (χ3n) is 4.08. The Morgan fingerprint density at radius 1 is 0.810 bits per heavy atom. The molecule has 0 N–H and O–H groups in total. The summed E-state index contributed by atoms with van der Waals surface area (Å²) < 4.78 is 0. The van der Waals surface area contributed by atoms with Gasteiger partial charge in [-0.25, -0.2) is 22.3 Å². The van der Waals surface area contributed by atoms with E-state index >= 15 is 0 Å². The van der Waals surface area contributed by atoms with Gasteiger partial charge in [0.15, 0.2) is 0 Å². The molecule has 2 atom stereocenters. The van der Waals surface area contributed by atoms with E-state index in [1.165, 1.54) is 35.1 Å². The average molecular weight is 359 g/mol. The van der Waals surface area contributed by atoms with Crippen LogP contribution < -0.4 is 24.8 Å². The van der Waals surface area contributed by atoms with E-state index in [-0.39, 0.29) is 46.5 Å². The van der Waals surface area contributed by atoms with Crippen LogP contribution in [0.15, 0.2) is 34.4 Å². The molecule has 2 unspecified atom stereocenters. The Morgan fingerprint density at radius 3 is 1.38 bits per heavy atom. The summed E-state index contributed by atoms with van der Waals surface area (Å²) in [7, 11) is 0. The van der Waals surface area contributed by atoms with Gasteiger partial charge in [0.05, 0.1) is 0 Å². The summed E-state index contributed by atoms with van der Waals surface area (Å²) in [5.41, 5.74) is 5.75. The number of rotatable bonds is 5. The molecule has 0 amide bonds. The molecule has 0 nitrogen and oxygen atoms in total. The molecular weight excluding hydrogens is 335 g/mol. The number of halogens is 2. The molecule has 2 aliphatic carbocycles. The second-order valence-corrected chi connectivity index (χ2v) is 5.47. The predicted octanol–water partition coefficient (Wildman–Crippen LogP) is -0.797. The zero-order valence-corrected chi connectivity index (χ0v) is 16.5. The normalized spacial score (nSPS) is 23.0. The van der Waals surface area contributed by atoms with Gasteiger partial charge in [0, 0.05) is 0 Å². The van der Waals surface area contributed by atoms with Crippen molar-refractivity contribution in [1.29, 1.82) is 0 Å². The molecular formula is C18H24Cl2Ti. The topological polar surface area (TPSA) is 0 Å². The molecule has 0 heterocycles. The van der Waals surface area contributed by atoms with Crippen LogP contribution in [0.1, 0.15) is 53.4 Å². The van der Waals surface area contributed by atoms with E-state index < -0.39 is 0 Å². The second kappa shape index (κ2) is 10.9. The molecule has 0 saturated heterocycles. The first-order valence-corrected chi connectivity index (χ1v) is 7.26. The van der Waals surface area contributed by atoms with Gasteiger partial charge in [-0.1, -0.05) is 51.4 Å². The molecule has 0 aliphatic heterocycles. The maximum absolute atomic E-state index is 3.62. The minimum absolute atomic E-state index is 0. The SMILES string of the molecule is CCC1[C-]=C(CCC2=[C-]C(CC)C=C2C)C(C)=C1.[Cl-].[Cl-].[Ti+4]. The molecule has 2 rings (SSSR count). The standard InChI is InChI=1S/C18H24.2ClH.Ti/c1-5-15-9-13(3)17(11-15)7-8-18-12-16(6-2)10-14(18)4;;;/h9-10,15-16H,5-8H2,1-4H3;2*1H;/q-2;;;+4/p-2. The first-order chi connectivity index (χ1) is 8.63. The van der Waals surface area contributed by atoms with Crippen LogP contribution in [0.25, 0.3) is 0 Å². The van der Waals surface area contributed by atoms with Gasteiger partial charge in [0.1, 0.15) is 0 Å². The van der Waals surface area contributed by atoms with Gasteiger partial charge in [-0.15, -0.1) is 13.8 Å². The van der Waals surface area contributed by atoms with Crippen LogP contribution in [0.4, 0.5) is 0 Å². The van der Waals surface area contributed by atoms with Crippen molar-refractivity contribution < 1.29 is 46.5 Å². The molecule has 114 valence electrons.